The van der Waals surface area contributed by atoms with Crippen LogP contribution in [0.5, 0.6) is 0 Å². The van der Waals surface area contributed by atoms with Crippen LogP contribution in [0.4, 0.5) is 5.95 Å². The zero-order valence-corrected chi connectivity index (χ0v) is 11.1. The summed E-state index contributed by atoms with van der Waals surface area (Å²) in [6.45, 7) is 0.502. The summed E-state index contributed by atoms with van der Waals surface area (Å²) in [5.41, 5.74) is 0. The molecule has 0 aromatic carbocycles. The van der Waals surface area contributed by atoms with Crippen molar-refractivity contribution >= 4 is 28.3 Å². The lowest BCUT2D eigenvalue weighted by atomic mass is 10.7. The molecule has 1 N–H and O–H groups in total. The van der Waals surface area contributed by atoms with Crippen molar-refractivity contribution < 1.29 is 4.21 Å². The Labute approximate surface area is 111 Å². The van der Waals surface area contributed by atoms with Crippen LogP contribution in [0.3, 0.4) is 0 Å². The van der Waals surface area contributed by atoms with Gasteiger partial charge in [-0.05, 0) is 17.7 Å². The molecule has 7 nitrogen and oxygen atoms in total. The Kier molecular flexibility index (Phi) is 4.21. The standard InChI is InChI=1S/C9H11ClN6OS/c1-18(17)6-4-11-8-13-7(10)14-9(15-8)16-5-2-3-12-16/h2-3,5H,4,6H2,1H3,(H,11,13,14,15). The molecule has 96 valence electrons. The average molecular weight is 287 g/mol. The second kappa shape index (κ2) is 5.87. The Morgan fingerprint density at radius 3 is 2.94 bits per heavy atom. The maximum absolute atomic E-state index is 10.9. The van der Waals surface area contributed by atoms with Crippen LogP contribution in [0.15, 0.2) is 18.5 Å². The summed E-state index contributed by atoms with van der Waals surface area (Å²) in [5, 5.41) is 7.02. The predicted molar refractivity (Wildman–Crippen MR) is 69.4 cm³/mol. The van der Waals surface area contributed by atoms with Crippen molar-refractivity contribution in [2.75, 3.05) is 23.9 Å². The zero-order valence-electron chi connectivity index (χ0n) is 9.58. The minimum Gasteiger partial charge on any atom is -0.353 e. The van der Waals surface area contributed by atoms with E-state index >= 15 is 0 Å². The molecule has 2 aromatic rings. The summed E-state index contributed by atoms with van der Waals surface area (Å²) < 4.78 is 12.4. The van der Waals surface area contributed by atoms with Crippen molar-refractivity contribution in [3.8, 4) is 5.95 Å². The fourth-order valence-electron chi connectivity index (χ4n) is 1.21. The lowest BCUT2D eigenvalue weighted by Crippen LogP contribution is -2.14. The summed E-state index contributed by atoms with van der Waals surface area (Å²) >= 11 is 5.81. The SMILES string of the molecule is CS(=O)CCNc1nc(Cl)nc(-n2cccn2)n1. The van der Waals surface area contributed by atoms with Gasteiger partial charge in [0.15, 0.2) is 0 Å². The summed E-state index contributed by atoms with van der Waals surface area (Å²) in [4.78, 5) is 12.1. The minimum atomic E-state index is -0.864. The third-order valence-electron chi connectivity index (χ3n) is 1.98. The van der Waals surface area contributed by atoms with Gasteiger partial charge in [0.1, 0.15) is 0 Å². The molecule has 0 aliphatic rings. The number of nitrogens with zero attached hydrogens (tertiary/aromatic N) is 5. The first-order valence-electron chi connectivity index (χ1n) is 5.10. The number of hydrogen-bond acceptors (Lipinski definition) is 6. The van der Waals surface area contributed by atoms with Crippen LogP contribution < -0.4 is 5.32 Å². The Hall–Kier alpha value is -1.54. The zero-order chi connectivity index (χ0) is 13.0. The van der Waals surface area contributed by atoms with Crippen LogP contribution >= 0.6 is 11.6 Å². The van der Waals surface area contributed by atoms with Crippen LogP contribution in [0.2, 0.25) is 5.28 Å². The van der Waals surface area contributed by atoms with Gasteiger partial charge in [-0.1, -0.05) is 0 Å². The molecule has 18 heavy (non-hydrogen) atoms. The van der Waals surface area contributed by atoms with E-state index in [2.05, 4.69) is 25.4 Å². The van der Waals surface area contributed by atoms with Crippen molar-refractivity contribution in [2.45, 2.75) is 0 Å². The van der Waals surface area contributed by atoms with E-state index in [4.69, 9.17) is 11.6 Å². The van der Waals surface area contributed by atoms with Gasteiger partial charge < -0.3 is 5.32 Å². The van der Waals surface area contributed by atoms with Crippen molar-refractivity contribution in [1.82, 2.24) is 24.7 Å². The van der Waals surface area contributed by atoms with E-state index in [1.165, 1.54) is 4.68 Å². The molecule has 1 unspecified atom stereocenters. The fourth-order valence-corrected chi connectivity index (χ4v) is 1.76. The number of hydrogen-bond donors (Lipinski definition) is 1. The second-order valence-corrected chi connectivity index (χ2v) is 5.28. The first-order chi connectivity index (χ1) is 8.65. The highest BCUT2D eigenvalue weighted by Crippen LogP contribution is 2.08. The molecular weight excluding hydrogens is 276 g/mol. The summed E-state index contributed by atoms with van der Waals surface area (Å²) in [6.07, 6.45) is 4.96. The van der Waals surface area contributed by atoms with E-state index in [1.54, 1.807) is 24.7 Å². The van der Waals surface area contributed by atoms with E-state index < -0.39 is 10.8 Å². The van der Waals surface area contributed by atoms with Gasteiger partial charge in [-0.25, -0.2) is 4.68 Å². The molecule has 2 rings (SSSR count). The molecule has 0 radical (unpaired) electrons. The molecule has 9 heteroatoms. The second-order valence-electron chi connectivity index (χ2n) is 3.38. The van der Waals surface area contributed by atoms with E-state index in [0.717, 1.165) is 0 Å². The molecule has 2 heterocycles. The van der Waals surface area contributed by atoms with Gasteiger partial charge in [0.2, 0.25) is 11.2 Å². The first-order valence-corrected chi connectivity index (χ1v) is 7.21. The summed E-state index contributed by atoms with van der Waals surface area (Å²) in [5.74, 6) is 1.19. The Bertz CT molecular complexity index is 546. The molecule has 0 fully saturated rings. The van der Waals surface area contributed by atoms with Crippen LogP contribution in [-0.2, 0) is 10.8 Å². The Morgan fingerprint density at radius 1 is 1.44 bits per heavy atom. The van der Waals surface area contributed by atoms with Crippen LogP contribution in [-0.4, -0.2) is 47.5 Å². The van der Waals surface area contributed by atoms with E-state index in [9.17, 15) is 4.21 Å². The van der Waals surface area contributed by atoms with Crippen LogP contribution in [0.25, 0.3) is 5.95 Å². The number of aromatic nitrogens is 5. The highest BCUT2D eigenvalue weighted by molar-refractivity contribution is 7.84. The number of rotatable bonds is 5. The van der Waals surface area contributed by atoms with Crippen molar-refractivity contribution in [3.63, 3.8) is 0 Å². The number of anilines is 1. The maximum Gasteiger partial charge on any atom is 0.256 e. The van der Waals surface area contributed by atoms with Gasteiger partial charge in [0.05, 0.1) is 0 Å². The van der Waals surface area contributed by atoms with Crippen LogP contribution in [0.1, 0.15) is 0 Å². The fraction of sp³-hybridized carbons (Fsp3) is 0.333. The van der Waals surface area contributed by atoms with Gasteiger partial charge in [-0.3, -0.25) is 4.21 Å². The molecule has 0 saturated heterocycles. The predicted octanol–water partition coefficient (Wildman–Crippen LogP) is 0.501. The third-order valence-corrected chi connectivity index (χ3v) is 2.93. The lowest BCUT2D eigenvalue weighted by molar-refractivity contribution is 0.687. The van der Waals surface area contributed by atoms with Gasteiger partial charge >= 0.3 is 0 Å². The minimum absolute atomic E-state index is 0.0793. The largest absolute Gasteiger partial charge is 0.353 e. The van der Waals surface area contributed by atoms with Gasteiger partial charge in [0, 0.05) is 41.7 Å². The molecule has 0 aliphatic heterocycles. The number of nitrogens with one attached hydrogen (secondary N) is 1. The smallest absolute Gasteiger partial charge is 0.256 e. The molecule has 0 bridgehead atoms. The lowest BCUT2D eigenvalue weighted by Gasteiger charge is -2.05. The van der Waals surface area contributed by atoms with Gasteiger partial charge in [-0.2, -0.15) is 20.1 Å². The monoisotopic (exact) mass is 286 g/mol. The normalized spacial score (nSPS) is 12.3. The van der Waals surface area contributed by atoms with Crippen molar-refractivity contribution in [1.29, 1.82) is 0 Å². The molecule has 2 aromatic heterocycles. The molecule has 0 spiro atoms. The molecule has 1 atom stereocenters. The maximum atomic E-state index is 10.9. The van der Waals surface area contributed by atoms with E-state index in [-0.39, 0.29) is 5.28 Å². The third kappa shape index (κ3) is 3.47. The molecule has 0 saturated carbocycles. The summed E-state index contributed by atoms with van der Waals surface area (Å²) in [7, 11) is -0.864. The van der Waals surface area contributed by atoms with Gasteiger partial charge in [-0.15, -0.1) is 0 Å². The van der Waals surface area contributed by atoms with Crippen molar-refractivity contribution in [2.24, 2.45) is 0 Å². The molecular formula is C9H11ClN6OS. The highest BCUT2D eigenvalue weighted by Gasteiger charge is 2.06. The first kappa shape index (κ1) is 12.9. The Balaban J connectivity index is 2.14. The van der Waals surface area contributed by atoms with Gasteiger partial charge in [0.25, 0.3) is 5.95 Å². The highest BCUT2D eigenvalue weighted by atomic mass is 35.5. The van der Waals surface area contributed by atoms with Crippen LogP contribution in [0, 0.1) is 0 Å². The van der Waals surface area contributed by atoms with E-state index in [1.807, 2.05) is 0 Å². The quantitative estimate of drug-likeness (QED) is 0.861. The topological polar surface area (TPSA) is 85.6 Å². The molecule has 0 amide bonds. The summed E-state index contributed by atoms with van der Waals surface area (Å²) in [6, 6.07) is 1.75. The Morgan fingerprint density at radius 2 is 2.28 bits per heavy atom. The number of halogens is 1. The molecule has 0 aliphatic carbocycles. The average Bonchev–Trinajstić information content (AvgIpc) is 2.81. The van der Waals surface area contributed by atoms with E-state index in [0.29, 0.717) is 24.2 Å². The van der Waals surface area contributed by atoms with Crippen molar-refractivity contribution in [3.05, 3.63) is 23.7 Å².